The maximum Gasteiger partial charge on any atom is 0.411 e. The van der Waals surface area contributed by atoms with E-state index < -0.39 is 6.09 Å². The number of amides is 2. The summed E-state index contributed by atoms with van der Waals surface area (Å²) in [7, 11) is 1.83. The van der Waals surface area contributed by atoms with E-state index in [1.165, 1.54) is 0 Å². The zero-order valence-corrected chi connectivity index (χ0v) is 25.0. The minimum absolute atomic E-state index is 0.0527. The van der Waals surface area contributed by atoms with Crippen molar-refractivity contribution >= 4 is 45.2 Å². The van der Waals surface area contributed by atoms with Gasteiger partial charge in [-0.3, -0.25) is 10.1 Å². The molecule has 3 aromatic carbocycles. The van der Waals surface area contributed by atoms with Gasteiger partial charge >= 0.3 is 6.09 Å². The van der Waals surface area contributed by atoms with Gasteiger partial charge < -0.3 is 14.5 Å². The van der Waals surface area contributed by atoms with Crippen molar-refractivity contribution in [3.63, 3.8) is 0 Å². The van der Waals surface area contributed by atoms with Crippen LogP contribution in [0.2, 0.25) is 5.02 Å². The second-order valence-electron chi connectivity index (χ2n) is 10.8. The van der Waals surface area contributed by atoms with Gasteiger partial charge in [0.15, 0.2) is 0 Å². The molecule has 1 heterocycles. The number of rotatable bonds is 9. The monoisotopic (exact) mass is 623 g/mol. The van der Waals surface area contributed by atoms with Crippen LogP contribution in [-0.4, -0.2) is 66.5 Å². The Morgan fingerprint density at radius 2 is 1.73 bits per heavy atom. The van der Waals surface area contributed by atoms with Crippen molar-refractivity contribution in [2.24, 2.45) is 11.8 Å². The predicted molar refractivity (Wildman–Crippen MR) is 164 cm³/mol. The molecule has 6 nitrogen and oxygen atoms in total. The molecule has 1 aliphatic heterocycles. The molecule has 1 saturated heterocycles. The minimum atomic E-state index is -0.399. The SMILES string of the molecule is CN(CCN1C[C@H]2CC(OC(=O)Nc3ccccc3-c3ccccc3)C[C@H]2C1)C(=O)c1ccc(CCBr)cc1Cl. The summed E-state index contributed by atoms with van der Waals surface area (Å²) in [6, 6.07) is 23.5. The Bertz CT molecular complexity index is 1320. The molecule has 5 rings (SSSR count). The van der Waals surface area contributed by atoms with Crippen molar-refractivity contribution in [3.8, 4) is 11.1 Å². The maximum atomic E-state index is 13.0. The minimum Gasteiger partial charge on any atom is -0.446 e. The summed E-state index contributed by atoms with van der Waals surface area (Å²) in [5.41, 5.74) is 4.42. The lowest BCUT2D eigenvalue weighted by atomic mass is 10.0. The van der Waals surface area contributed by atoms with Crippen molar-refractivity contribution < 1.29 is 14.3 Å². The second-order valence-corrected chi connectivity index (χ2v) is 12.0. The number of alkyl halides is 1. The van der Waals surface area contributed by atoms with Gasteiger partial charge in [-0.25, -0.2) is 4.79 Å². The maximum absolute atomic E-state index is 13.0. The topological polar surface area (TPSA) is 61.9 Å². The Hall–Kier alpha value is -2.87. The Balaban J connectivity index is 1.07. The normalized spacial score (nSPS) is 20.2. The number of halogens is 2. The average molecular weight is 625 g/mol. The number of fused-ring (bicyclic) bond motifs is 1. The van der Waals surface area contributed by atoms with Gasteiger partial charge in [-0.1, -0.05) is 82.1 Å². The molecule has 2 fully saturated rings. The largest absolute Gasteiger partial charge is 0.446 e. The van der Waals surface area contributed by atoms with Gasteiger partial charge in [0.1, 0.15) is 6.10 Å². The van der Waals surface area contributed by atoms with Crippen LogP contribution in [0.4, 0.5) is 10.5 Å². The first-order chi connectivity index (χ1) is 19.4. The number of likely N-dealkylation sites (N-methyl/N-ethyl adjacent to an activating group) is 1. The molecule has 0 bridgehead atoms. The van der Waals surface area contributed by atoms with Crippen LogP contribution >= 0.6 is 27.5 Å². The molecule has 8 heteroatoms. The molecule has 3 aromatic rings. The summed E-state index contributed by atoms with van der Waals surface area (Å²) < 4.78 is 5.85. The van der Waals surface area contributed by atoms with E-state index >= 15 is 0 Å². The smallest absolute Gasteiger partial charge is 0.411 e. The average Bonchev–Trinajstić information content (AvgIpc) is 3.50. The Morgan fingerprint density at radius 1 is 1.02 bits per heavy atom. The number of para-hydroxylation sites is 1. The van der Waals surface area contributed by atoms with E-state index in [-0.39, 0.29) is 12.0 Å². The fourth-order valence-electron chi connectivity index (χ4n) is 5.97. The number of likely N-dealkylation sites (tertiary alicyclic amines) is 1. The van der Waals surface area contributed by atoms with E-state index in [9.17, 15) is 9.59 Å². The number of carbonyl (C=O) groups is 2. The molecule has 210 valence electrons. The van der Waals surface area contributed by atoms with Crippen LogP contribution in [0.15, 0.2) is 72.8 Å². The zero-order chi connectivity index (χ0) is 28.1. The van der Waals surface area contributed by atoms with Crippen molar-refractivity contribution in [3.05, 3.63) is 88.9 Å². The highest BCUT2D eigenvalue weighted by Gasteiger charge is 2.42. The first kappa shape index (κ1) is 28.7. The van der Waals surface area contributed by atoms with E-state index in [0.717, 1.165) is 66.6 Å². The first-order valence-electron chi connectivity index (χ1n) is 13.9. The first-order valence-corrected chi connectivity index (χ1v) is 15.4. The number of ether oxygens (including phenoxy) is 1. The fourth-order valence-corrected chi connectivity index (χ4v) is 6.71. The Kier molecular flexibility index (Phi) is 9.45. The number of anilines is 1. The van der Waals surface area contributed by atoms with Gasteiger partial charge in [0.05, 0.1) is 16.3 Å². The third-order valence-electron chi connectivity index (χ3n) is 8.05. The molecular weight excluding hydrogens is 590 g/mol. The van der Waals surface area contributed by atoms with Crippen LogP contribution in [0.25, 0.3) is 11.1 Å². The summed E-state index contributed by atoms with van der Waals surface area (Å²) in [6.07, 6.45) is 2.16. The van der Waals surface area contributed by atoms with Gasteiger partial charge in [-0.2, -0.15) is 0 Å². The van der Waals surface area contributed by atoms with Gasteiger partial charge in [0, 0.05) is 44.1 Å². The van der Waals surface area contributed by atoms with Crippen molar-refractivity contribution in [2.45, 2.75) is 25.4 Å². The molecule has 1 saturated carbocycles. The Morgan fingerprint density at radius 3 is 2.42 bits per heavy atom. The predicted octanol–water partition coefficient (Wildman–Crippen LogP) is 6.98. The molecule has 3 atom stereocenters. The number of hydrogen-bond acceptors (Lipinski definition) is 4. The number of nitrogens with zero attached hydrogens (tertiary/aromatic N) is 2. The van der Waals surface area contributed by atoms with Crippen molar-refractivity contribution in [2.75, 3.05) is 43.9 Å². The fraction of sp³-hybridized carbons (Fsp3) is 0.375. The van der Waals surface area contributed by atoms with E-state index in [4.69, 9.17) is 16.3 Å². The lowest BCUT2D eigenvalue weighted by molar-refractivity contribution is 0.0779. The lowest BCUT2D eigenvalue weighted by Crippen LogP contribution is -2.36. The standard InChI is InChI=1S/C32H35BrClN3O3/c1-36(31(38)28-12-11-22(13-14-33)17-29(28)34)15-16-37-20-24-18-26(19-25(24)21-37)40-32(39)35-30-10-6-5-9-27(30)23-7-3-2-4-8-23/h2-12,17,24-26H,13-16,18-21H2,1H3,(H,35,39)/t24-,25+,26?. The molecule has 2 amide bonds. The van der Waals surface area contributed by atoms with Crippen molar-refractivity contribution in [1.82, 2.24) is 9.80 Å². The van der Waals surface area contributed by atoms with Crippen molar-refractivity contribution in [1.29, 1.82) is 0 Å². The van der Waals surface area contributed by atoms with Gasteiger partial charge in [0.2, 0.25) is 0 Å². The number of aryl methyl sites for hydroxylation is 1. The molecular formula is C32H35BrClN3O3. The van der Waals surface area contributed by atoms with Crippen LogP contribution in [0.1, 0.15) is 28.8 Å². The number of carbonyl (C=O) groups excluding carboxylic acids is 2. The molecule has 1 unspecified atom stereocenters. The lowest BCUT2D eigenvalue weighted by Gasteiger charge is -2.23. The highest BCUT2D eigenvalue weighted by molar-refractivity contribution is 9.09. The molecule has 0 aromatic heterocycles. The summed E-state index contributed by atoms with van der Waals surface area (Å²) >= 11 is 9.85. The van der Waals surface area contributed by atoms with E-state index in [2.05, 4.69) is 26.1 Å². The molecule has 0 radical (unpaired) electrons. The van der Waals surface area contributed by atoms with E-state index in [1.807, 2.05) is 79.8 Å². The Labute approximate surface area is 249 Å². The number of nitrogens with one attached hydrogen (secondary N) is 1. The molecule has 40 heavy (non-hydrogen) atoms. The number of hydrogen-bond donors (Lipinski definition) is 1. The third-order valence-corrected chi connectivity index (χ3v) is 8.76. The molecule has 1 N–H and O–H groups in total. The van der Waals surface area contributed by atoms with Crippen LogP contribution in [0.5, 0.6) is 0 Å². The number of benzene rings is 3. The quantitative estimate of drug-likeness (QED) is 0.261. The van der Waals surface area contributed by atoms with Crippen LogP contribution < -0.4 is 5.32 Å². The van der Waals surface area contributed by atoms with Crippen LogP contribution in [0, 0.1) is 11.8 Å². The highest BCUT2D eigenvalue weighted by Crippen LogP contribution is 2.39. The third kappa shape index (κ3) is 6.88. The molecule has 2 aliphatic rings. The van der Waals surface area contributed by atoms with Gasteiger partial charge in [-0.15, -0.1) is 0 Å². The van der Waals surface area contributed by atoms with Crippen LogP contribution in [-0.2, 0) is 11.2 Å². The zero-order valence-electron chi connectivity index (χ0n) is 22.7. The molecule has 0 spiro atoms. The van der Waals surface area contributed by atoms with E-state index in [1.54, 1.807) is 4.90 Å². The summed E-state index contributed by atoms with van der Waals surface area (Å²) in [5, 5.41) is 4.32. The van der Waals surface area contributed by atoms with E-state index in [0.29, 0.717) is 29.0 Å². The van der Waals surface area contributed by atoms with Crippen LogP contribution in [0.3, 0.4) is 0 Å². The second kappa shape index (κ2) is 13.2. The summed E-state index contributed by atoms with van der Waals surface area (Å²) in [5.74, 6) is 0.960. The molecule has 1 aliphatic carbocycles. The van der Waals surface area contributed by atoms with Gasteiger partial charge in [-0.05, 0) is 60.4 Å². The highest BCUT2D eigenvalue weighted by atomic mass is 79.9. The summed E-state index contributed by atoms with van der Waals surface area (Å²) in [6.45, 7) is 3.39. The van der Waals surface area contributed by atoms with Gasteiger partial charge in [0.25, 0.3) is 5.91 Å². The summed E-state index contributed by atoms with van der Waals surface area (Å²) in [4.78, 5) is 29.9.